The number of hydrogen-bond acceptors (Lipinski definition) is 2. The van der Waals surface area contributed by atoms with Crippen molar-refractivity contribution in [3.63, 3.8) is 0 Å². The van der Waals surface area contributed by atoms with E-state index in [-0.39, 0.29) is 5.91 Å². The SMILES string of the molecule is O=C(/C=C/Sc1ccccc1)NC1CC1. The molecule has 0 radical (unpaired) electrons. The van der Waals surface area contributed by atoms with Crippen LogP contribution in [0.5, 0.6) is 0 Å². The Labute approximate surface area is 93.8 Å². The summed E-state index contributed by atoms with van der Waals surface area (Å²) in [5.41, 5.74) is 0. The number of rotatable bonds is 4. The van der Waals surface area contributed by atoms with Crippen molar-refractivity contribution < 1.29 is 4.79 Å². The molecule has 0 heterocycles. The standard InChI is InChI=1S/C12H13NOS/c14-12(13-10-6-7-10)8-9-15-11-4-2-1-3-5-11/h1-5,8-10H,6-7H2,(H,13,14)/b9-8+. The van der Waals surface area contributed by atoms with Gasteiger partial charge in [-0.2, -0.15) is 0 Å². The number of benzene rings is 1. The molecule has 1 aromatic carbocycles. The third-order valence-corrected chi connectivity index (χ3v) is 2.91. The highest BCUT2D eigenvalue weighted by molar-refractivity contribution is 8.02. The third kappa shape index (κ3) is 3.80. The maximum Gasteiger partial charge on any atom is 0.244 e. The molecule has 2 nitrogen and oxygen atoms in total. The minimum atomic E-state index is 0.0148. The van der Waals surface area contributed by atoms with Crippen LogP contribution in [0.15, 0.2) is 46.7 Å². The first-order valence-corrected chi connectivity index (χ1v) is 5.91. The molecule has 1 aliphatic rings. The van der Waals surface area contributed by atoms with Crippen molar-refractivity contribution in [2.75, 3.05) is 0 Å². The maximum atomic E-state index is 11.3. The van der Waals surface area contributed by atoms with Gasteiger partial charge in [0.05, 0.1) is 0 Å². The Hall–Kier alpha value is -1.22. The van der Waals surface area contributed by atoms with Gasteiger partial charge in [-0.05, 0) is 30.4 Å². The van der Waals surface area contributed by atoms with Crippen LogP contribution in [-0.4, -0.2) is 11.9 Å². The van der Waals surface area contributed by atoms with E-state index in [1.807, 2.05) is 35.7 Å². The molecule has 1 aliphatic carbocycles. The molecular formula is C12H13NOS. The van der Waals surface area contributed by atoms with E-state index in [0.29, 0.717) is 6.04 Å². The van der Waals surface area contributed by atoms with Crippen molar-refractivity contribution in [2.45, 2.75) is 23.8 Å². The van der Waals surface area contributed by atoms with Crippen LogP contribution in [0.2, 0.25) is 0 Å². The molecule has 1 N–H and O–H groups in total. The minimum Gasteiger partial charge on any atom is -0.350 e. The number of thioether (sulfide) groups is 1. The summed E-state index contributed by atoms with van der Waals surface area (Å²) in [4.78, 5) is 12.4. The summed E-state index contributed by atoms with van der Waals surface area (Å²) in [6.45, 7) is 0. The first-order chi connectivity index (χ1) is 7.34. The second-order valence-corrected chi connectivity index (χ2v) is 4.50. The quantitative estimate of drug-likeness (QED) is 0.623. The molecule has 0 atom stereocenters. The lowest BCUT2D eigenvalue weighted by Crippen LogP contribution is -2.22. The van der Waals surface area contributed by atoms with Crippen molar-refractivity contribution in [3.8, 4) is 0 Å². The van der Waals surface area contributed by atoms with E-state index in [2.05, 4.69) is 5.32 Å². The summed E-state index contributed by atoms with van der Waals surface area (Å²) < 4.78 is 0. The van der Waals surface area contributed by atoms with Gasteiger partial charge in [0.25, 0.3) is 0 Å². The largest absolute Gasteiger partial charge is 0.350 e. The number of nitrogens with one attached hydrogen (secondary N) is 1. The van der Waals surface area contributed by atoms with Crippen LogP contribution in [-0.2, 0) is 4.79 Å². The van der Waals surface area contributed by atoms with E-state index in [1.54, 1.807) is 17.8 Å². The Bertz CT molecular complexity index is 357. The molecule has 15 heavy (non-hydrogen) atoms. The van der Waals surface area contributed by atoms with Crippen LogP contribution >= 0.6 is 11.8 Å². The summed E-state index contributed by atoms with van der Waals surface area (Å²) in [6, 6.07) is 10.4. The zero-order valence-electron chi connectivity index (χ0n) is 8.35. The van der Waals surface area contributed by atoms with E-state index in [1.165, 1.54) is 0 Å². The Morgan fingerprint density at radius 3 is 2.73 bits per heavy atom. The van der Waals surface area contributed by atoms with Crippen LogP contribution in [0.1, 0.15) is 12.8 Å². The van der Waals surface area contributed by atoms with E-state index in [0.717, 1.165) is 17.7 Å². The van der Waals surface area contributed by atoms with Crippen LogP contribution in [0.25, 0.3) is 0 Å². The monoisotopic (exact) mass is 219 g/mol. The van der Waals surface area contributed by atoms with Gasteiger partial charge in [0.15, 0.2) is 0 Å². The van der Waals surface area contributed by atoms with Gasteiger partial charge in [0, 0.05) is 17.0 Å². The fraction of sp³-hybridized carbons (Fsp3) is 0.250. The molecule has 0 spiro atoms. The van der Waals surface area contributed by atoms with Crippen LogP contribution in [0.4, 0.5) is 0 Å². The lowest BCUT2D eigenvalue weighted by Gasteiger charge is -1.96. The average Bonchev–Trinajstić information content (AvgIpc) is 3.03. The van der Waals surface area contributed by atoms with Gasteiger partial charge in [-0.3, -0.25) is 4.79 Å². The molecule has 0 unspecified atom stereocenters. The van der Waals surface area contributed by atoms with Gasteiger partial charge in [-0.1, -0.05) is 30.0 Å². The molecule has 78 valence electrons. The number of hydrogen-bond donors (Lipinski definition) is 1. The maximum absolute atomic E-state index is 11.3. The first-order valence-electron chi connectivity index (χ1n) is 5.03. The zero-order chi connectivity index (χ0) is 10.5. The van der Waals surface area contributed by atoms with Crippen molar-refractivity contribution in [1.82, 2.24) is 5.32 Å². The van der Waals surface area contributed by atoms with Crippen molar-refractivity contribution in [3.05, 3.63) is 41.8 Å². The van der Waals surface area contributed by atoms with Crippen molar-refractivity contribution >= 4 is 17.7 Å². The fourth-order valence-electron chi connectivity index (χ4n) is 1.15. The van der Waals surface area contributed by atoms with E-state index in [9.17, 15) is 4.79 Å². The third-order valence-electron chi connectivity index (χ3n) is 2.09. The Morgan fingerprint density at radius 2 is 2.07 bits per heavy atom. The van der Waals surface area contributed by atoms with Gasteiger partial charge >= 0.3 is 0 Å². The highest BCUT2D eigenvalue weighted by Crippen LogP contribution is 2.19. The molecule has 2 rings (SSSR count). The Morgan fingerprint density at radius 1 is 1.33 bits per heavy atom. The molecule has 3 heteroatoms. The molecule has 1 aromatic rings. The average molecular weight is 219 g/mol. The summed E-state index contributed by atoms with van der Waals surface area (Å²) in [7, 11) is 0. The van der Waals surface area contributed by atoms with E-state index >= 15 is 0 Å². The number of amides is 1. The van der Waals surface area contributed by atoms with Crippen molar-refractivity contribution in [2.24, 2.45) is 0 Å². The fourth-order valence-corrected chi connectivity index (χ4v) is 1.81. The lowest BCUT2D eigenvalue weighted by molar-refractivity contribution is -0.116. The highest BCUT2D eigenvalue weighted by atomic mass is 32.2. The topological polar surface area (TPSA) is 29.1 Å². The highest BCUT2D eigenvalue weighted by Gasteiger charge is 2.21. The molecule has 0 saturated heterocycles. The van der Waals surface area contributed by atoms with Crippen LogP contribution < -0.4 is 5.32 Å². The predicted molar refractivity (Wildman–Crippen MR) is 62.6 cm³/mol. The second kappa shape index (κ2) is 5.03. The van der Waals surface area contributed by atoms with Gasteiger partial charge in [-0.25, -0.2) is 0 Å². The smallest absolute Gasteiger partial charge is 0.244 e. The Balaban J connectivity index is 1.76. The molecule has 0 aliphatic heterocycles. The summed E-state index contributed by atoms with van der Waals surface area (Å²) in [5.74, 6) is 0.0148. The summed E-state index contributed by atoms with van der Waals surface area (Å²) in [6.07, 6.45) is 3.85. The second-order valence-electron chi connectivity index (χ2n) is 3.52. The number of carbonyl (C=O) groups excluding carboxylic acids is 1. The first kappa shape index (κ1) is 10.3. The lowest BCUT2D eigenvalue weighted by atomic mass is 10.4. The summed E-state index contributed by atoms with van der Waals surface area (Å²) >= 11 is 1.55. The Kier molecular flexibility index (Phi) is 3.45. The van der Waals surface area contributed by atoms with E-state index < -0.39 is 0 Å². The molecule has 1 fully saturated rings. The van der Waals surface area contributed by atoms with Crippen LogP contribution in [0.3, 0.4) is 0 Å². The van der Waals surface area contributed by atoms with Crippen LogP contribution in [0, 0.1) is 0 Å². The number of carbonyl (C=O) groups is 1. The molecular weight excluding hydrogens is 206 g/mol. The van der Waals surface area contributed by atoms with E-state index in [4.69, 9.17) is 0 Å². The molecule has 1 amide bonds. The molecule has 0 aromatic heterocycles. The zero-order valence-corrected chi connectivity index (χ0v) is 9.17. The predicted octanol–water partition coefficient (Wildman–Crippen LogP) is 2.57. The van der Waals surface area contributed by atoms with Gasteiger partial charge < -0.3 is 5.32 Å². The molecule has 1 saturated carbocycles. The summed E-state index contributed by atoms with van der Waals surface area (Å²) in [5, 5.41) is 4.73. The molecule has 0 bridgehead atoms. The van der Waals surface area contributed by atoms with Gasteiger partial charge in [0.2, 0.25) is 5.91 Å². The van der Waals surface area contributed by atoms with Gasteiger partial charge in [-0.15, -0.1) is 0 Å². The normalized spacial score (nSPS) is 15.5. The minimum absolute atomic E-state index is 0.0148. The van der Waals surface area contributed by atoms with Gasteiger partial charge in [0.1, 0.15) is 0 Å². The van der Waals surface area contributed by atoms with Crippen molar-refractivity contribution in [1.29, 1.82) is 0 Å².